The van der Waals surface area contributed by atoms with Crippen molar-refractivity contribution in [1.82, 2.24) is 15.3 Å². The van der Waals surface area contributed by atoms with Crippen LogP contribution in [0.5, 0.6) is 0 Å². The molecule has 1 heterocycles. The molecule has 1 amide bonds. The minimum Gasteiger partial charge on any atom is -0.390 e. The summed E-state index contributed by atoms with van der Waals surface area (Å²) < 4.78 is 0. The predicted octanol–water partition coefficient (Wildman–Crippen LogP) is 4.09. The average molecular weight is 416 g/mol. The zero-order valence-electron chi connectivity index (χ0n) is 16.1. The fourth-order valence-electron chi connectivity index (χ4n) is 2.56. The second-order valence-electron chi connectivity index (χ2n) is 7.17. The molecule has 5 nitrogen and oxygen atoms in total. The summed E-state index contributed by atoms with van der Waals surface area (Å²) in [6.07, 6.45) is 0. The Morgan fingerprint density at radius 2 is 1.93 bits per heavy atom. The smallest absolute Gasteiger partial charge is 0.251 e. The van der Waals surface area contributed by atoms with Crippen LogP contribution < -0.4 is 5.32 Å². The highest BCUT2D eigenvalue weighted by atomic mass is 32.2. The first-order chi connectivity index (χ1) is 13.4. The number of aromatic amines is 1. The van der Waals surface area contributed by atoms with Gasteiger partial charge in [0.2, 0.25) is 0 Å². The van der Waals surface area contributed by atoms with Crippen LogP contribution in [0.15, 0.2) is 53.7 Å². The minimum atomic E-state index is -0.676. The van der Waals surface area contributed by atoms with Gasteiger partial charge in [-0.05, 0) is 43.7 Å². The third kappa shape index (κ3) is 6.29. The van der Waals surface area contributed by atoms with E-state index in [0.29, 0.717) is 17.9 Å². The maximum atomic E-state index is 12.2. The summed E-state index contributed by atoms with van der Waals surface area (Å²) in [7, 11) is 0. The van der Waals surface area contributed by atoms with Crippen molar-refractivity contribution >= 4 is 40.5 Å². The molecule has 1 aromatic heterocycles. The van der Waals surface area contributed by atoms with E-state index in [1.54, 1.807) is 37.4 Å². The van der Waals surface area contributed by atoms with E-state index in [9.17, 15) is 9.90 Å². The van der Waals surface area contributed by atoms with Crippen molar-refractivity contribution in [3.63, 3.8) is 0 Å². The summed E-state index contributed by atoms with van der Waals surface area (Å²) in [5.74, 6) is 2.15. The van der Waals surface area contributed by atoms with Gasteiger partial charge in [0.05, 0.1) is 16.6 Å². The number of aliphatic hydroxyl groups is 1. The lowest BCUT2D eigenvalue weighted by molar-refractivity contribution is 0.0956. The first-order valence-corrected chi connectivity index (χ1v) is 11.3. The first-order valence-electron chi connectivity index (χ1n) is 9.15. The number of carbonyl (C=O) groups is 1. The van der Waals surface area contributed by atoms with Gasteiger partial charge < -0.3 is 15.4 Å². The monoisotopic (exact) mass is 415 g/mol. The van der Waals surface area contributed by atoms with E-state index < -0.39 is 5.60 Å². The Kier molecular flexibility index (Phi) is 7.04. The Morgan fingerprint density at radius 1 is 1.18 bits per heavy atom. The molecule has 148 valence electrons. The van der Waals surface area contributed by atoms with Gasteiger partial charge in [-0.3, -0.25) is 4.79 Å². The van der Waals surface area contributed by atoms with Crippen LogP contribution in [0.25, 0.3) is 11.0 Å². The van der Waals surface area contributed by atoms with Crippen LogP contribution in [0.2, 0.25) is 0 Å². The molecule has 0 fully saturated rings. The quantitative estimate of drug-likeness (QED) is 0.362. The molecule has 0 radical (unpaired) electrons. The van der Waals surface area contributed by atoms with E-state index in [0.717, 1.165) is 33.3 Å². The molecule has 0 unspecified atom stereocenters. The predicted molar refractivity (Wildman–Crippen MR) is 118 cm³/mol. The largest absolute Gasteiger partial charge is 0.390 e. The lowest BCUT2D eigenvalue weighted by atomic mass is 10.1. The highest BCUT2D eigenvalue weighted by Crippen LogP contribution is 2.23. The van der Waals surface area contributed by atoms with Crippen LogP contribution in [-0.4, -0.2) is 44.6 Å². The number of imidazole rings is 1. The van der Waals surface area contributed by atoms with Gasteiger partial charge in [0.15, 0.2) is 5.16 Å². The van der Waals surface area contributed by atoms with Gasteiger partial charge in [0.1, 0.15) is 0 Å². The molecule has 0 aliphatic rings. The van der Waals surface area contributed by atoms with Crippen LogP contribution in [0, 0.1) is 0 Å². The van der Waals surface area contributed by atoms with Crippen LogP contribution in [0.3, 0.4) is 0 Å². The molecular formula is C21H25N3O2S2. The third-order valence-corrected chi connectivity index (χ3v) is 6.29. The fraction of sp³-hybridized carbons (Fsp3) is 0.333. The van der Waals surface area contributed by atoms with Gasteiger partial charge in [0, 0.05) is 29.4 Å². The molecule has 0 atom stereocenters. The lowest BCUT2D eigenvalue weighted by Crippen LogP contribution is -2.27. The normalized spacial score (nSPS) is 11.7. The van der Waals surface area contributed by atoms with Gasteiger partial charge >= 0.3 is 0 Å². The number of carbonyl (C=O) groups excluding carboxylic acids is 1. The Hall–Kier alpha value is -1.96. The van der Waals surface area contributed by atoms with Gasteiger partial charge in [-0.1, -0.05) is 36.0 Å². The Bertz CT molecular complexity index is 884. The molecule has 3 aromatic rings. The topological polar surface area (TPSA) is 78.0 Å². The second kappa shape index (κ2) is 9.49. The van der Waals surface area contributed by atoms with Gasteiger partial charge in [-0.2, -0.15) is 11.8 Å². The number of aromatic nitrogens is 2. The molecular weight excluding hydrogens is 390 g/mol. The van der Waals surface area contributed by atoms with Gasteiger partial charge in [0.25, 0.3) is 5.91 Å². The molecule has 7 heteroatoms. The third-order valence-electron chi connectivity index (χ3n) is 3.95. The van der Waals surface area contributed by atoms with Crippen LogP contribution >= 0.6 is 23.5 Å². The van der Waals surface area contributed by atoms with E-state index in [2.05, 4.69) is 15.3 Å². The molecule has 0 bridgehead atoms. The number of H-pyrrole nitrogens is 1. The second-order valence-corrected chi connectivity index (χ2v) is 9.23. The molecule has 0 aliphatic carbocycles. The van der Waals surface area contributed by atoms with Crippen LogP contribution in [0.4, 0.5) is 0 Å². The number of hydrogen-bond donors (Lipinski definition) is 3. The Balaban J connectivity index is 1.44. The minimum absolute atomic E-state index is 0.0691. The summed E-state index contributed by atoms with van der Waals surface area (Å²) in [6.45, 7) is 4.16. The van der Waals surface area contributed by atoms with E-state index in [1.165, 1.54) is 0 Å². The SMILES string of the molecule is CC(C)(O)CSCCNC(=O)c1ccc(CSc2nc3ccccc3[nH]2)cc1. The van der Waals surface area contributed by atoms with Crippen molar-refractivity contribution < 1.29 is 9.90 Å². The van der Waals surface area contributed by atoms with Crippen molar-refractivity contribution in [2.24, 2.45) is 0 Å². The number of thioether (sulfide) groups is 2. The van der Waals surface area contributed by atoms with Crippen molar-refractivity contribution in [3.8, 4) is 0 Å². The van der Waals surface area contributed by atoms with Gasteiger partial charge in [-0.15, -0.1) is 0 Å². The molecule has 2 aromatic carbocycles. The highest BCUT2D eigenvalue weighted by Gasteiger charge is 2.12. The van der Waals surface area contributed by atoms with E-state index >= 15 is 0 Å². The molecule has 0 aliphatic heterocycles. The Labute approximate surface area is 173 Å². The zero-order chi connectivity index (χ0) is 20.0. The highest BCUT2D eigenvalue weighted by molar-refractivity contribution is 7.99. The van der Waals surface area contributed by atoms with E-state index in [1.807, 2.05) is 48.5 Å². The molecule has 0 saturated carbocycles. The number of amides is 1. The van der Waals surface area contributed by atoms with Crippen molar-refractivity contribution in [3.05, 3.63) is 59.7 Å². The maximum absolute atomic E-state index is 12.2. The van der Waals surface area contributed by atoms with Crippen LogP contribution in [-0.2, 0) is 5.75 Å². The number of nitrogens with zero attached hydrogens (tertiary/aromatic N) is 1. The molecule has 3 rings (SSSR count). The summed E-state index contributed by atoms with van der Waals surface area (Å²) in [5.41, 5.74) is 3.13. The van der Waals surface area contributed by atoms with E-state index in [-0.39, 0.29) is 5.91 Å². The Morgan fingerprint density at radius 3 is 2.64 bits per heavy atom. The van der Waals surface area contributed by atoms with Gasteiger partial charge in [-0.25, -0.2) is 4.98 Å². The lowest BCUT2D eigenvalue weighted by Gasteiger charge is -2.16. The van der Waals surface area contributed by atoms with Crippen molar-refractivity contribution in [2.45, 2.75) is 30.4 Å². The average Bonchev–Trinajstić information content (AvgIpc) is 3.08. The molecule has 3 N–H and O–H groups in total. The first kappa shape index (κ1) is 20.8. The molecule has 0 saturated heterocycles. The summed E-state index contributed by atoms with van der Waals surface area (Å²) in [4.78, 5) is 20.1. The number of fused-ring (bicyclic) bond motifs is 1. The number of nitrogens with one attached hydrogen (secondary N) is 2. The number of hydrogen-bond acceptors (Lipinski definition) is 5. The zero-order valence-corrected chi connectivity index (χ0v) is 17.7. The number of rotatable bonds is 9. The summed E-state index contributed by atoms with van der Waals surface area (Å²) >= 11 is 3.27. The fourth-order valence-corrected chi connectivity index (χ4v) is 4.29. The molecule has 28 heavy (non-hydrogen) atoms. The molecule has 0 spiro atoms. The number of benzene rings is 2. The van der Waals surface area contributed by atoms with Crippen molar-refractivity contribution in [1.29, 1.82) is 0 Å². The summed E-state index contributed by atoms with van der Waals surface area (Å²) in [5, 5.41) is 13.5. The van der Waals surface area contributed by atoms with E-state index in [4.69, 9.17) is 0 Å². The standard InChI is InChI=1S/C21H25N3O2S2/c1-21(2,26)14-27-12-11-22-19(25)16-9-7-15(8-10-16)13-28-20-23-17-5-3-4-6-18(17)24-20/h3-10,26H,11-14H2,1-2H3,(H,22,25)(H,23,24). The van der Waals surface area contributed by atoms with Crippen LogP contribution in [0.1, 0.15) is 29.8 Å². The maximum Gasteiger partial charge on any atom is 0.251 e. The number of para-hydroxylation sites is 2. The summed E-state index contributed by atoms with van der Waals surface area (Å²) in [6, 6.07) is 15.6. The van der Waals surface area contributed by atoms with Crippen molar-refractivity contribution in [2.75, 3.05) is 18.1 Å².